The Hall–Kier alpha value is -3.56. The molecule has 0 atom stereocenters. The molecule has 3 heterocycles. The van der Waals surface area contributed by atoms with Crippen molar-refractivity contribution in [3.05, 3.63) is 92.8 Å². The average molecular weight is 474 g/mol. The molecule has 0 bridgehead atoms. The first kappa shape index (κ1) is 21.3. The Bertz CT molecular complexity index is 1620. The monoisotopic (exact) mass is 473 g/mol. The molecule has 5 rings (SSSR count). The summed E-state index contributed by atoms with van der Waals surface area (Å²) in [5.41, 5.74) is 3.20. The summed E-state index contributed by atoms with van der Waals surface area (Å²) in [6.45, 7) is 6.13. The first-order chi connectivity index (χ1) is 16.1. The normalized spacial score (nSPS) is 11.3. The molecule has 0 saturated carbocycles. The lowest BCUT2D eigenvalue weighted by atomic mass is 10.1. The maximum Gasteiger partial charge on any atom is 0.278 e. The number of hydrogen-bond acceptors (Lipinski definition) is 7. The van der Waals surface area contributed by atoms with E-state index in [-0.39, 0.29) is 17.0 Å². The van der Waals surface area contributed by atoms with Crippen LogP contribution in [0.5, 0.6) is 0 Å². The van der Waals surface area contributed by atoms with Crippen LogP contribution in [-0.4, -0.2) is 24.5 Å². The van der Waals surface area contributed by atoms with Gasteiger partial charge in [0, 0.05) is 17.5 Å². The Balaban J connectivity index is 1.56. The van der Waals surface area contributed by atoms with Crippen molar-refractivity contribution >= 4 is 44.2 Å². The van der Waals surface area contributed by atoms with Crippen molar-refractivity contribution in [1.82, 2.24) is 24.5 Å². The first-order valence-electron chi connectivity index (χ1n) is 10.2. The standard InChI is InChI=1S/C24H19N5O2S2/c1-3-12-28-23(31)20-18(16-10-8-15(2)9-11-16)13-32-21(20)25-24(28)33-14-29-22(30)17-6-4-5-7-19(17)26-27-29/h3-11,13H,1,12,14H2,2H3. The number of nitrogens with zero attached hydrogens (tertiary/aromatic N) is 5. The fraction of sp³-hybridized carbons (Fsp3) is 0.125. The van der Waals surface area contributed by atoms with Crippen LogP contribution in [0.1, 0.15) is 5.56 Å². The molecule has 0 unspecified atom stereocenters. The summed E-state index contributed by atoms with van der Waals surface area (Å²) in [4.78, 5) is 31.7. The maximum absolute atomic E-state index is 13.5. The van der Waals surface area contributed by atoms with Gasteiger partial charge in [0.15, 0.2) is 5.16 Å². The molecule has 33 heavy (non-hydrogen) atoms. The second-order valence-electron chi connectivity index (χ2n) is 7.48. The quantitative estimate of drug-likeness (QED) is 0.206. The first-order valence-corrected chi connectivity index (χ1v) is 12.1. The molecule has 0 aliphatic rings. The number of aryl methyl sites for hydroxylation is 1. The highest BCUT2D eigenvalue weighted by Crippen LogP contribution is 2.32. The lowest BCUT2D eigenvalue weighted by molar-refractivity contribution is 0.634. The zero-order valence-electron chi connectivity index (χ0n) is 17.8. The molecule has 0 aliphatic heterocycles. The zero-order valence-corrected chi connectivity index (χ0v) is 19.4. The average Bonchev–Trinajstić information content (AvgIpc) is 3.26. The van der Waals surface area contributed by atoms with Crippen LogP contribution >= 0.6 is 23.1 Å². The van der Waals surface area contributed by atoms with Gasteiger partial charge in [0.1, 0.15) is 10.3 Å². The van der Waals surface area contributed by atoms with Crippen molar-refractivity contribution in [1.29, 1.82) is 0 Å². The predicted octanol–water partition coefficient (Wildman–Crippen LogP) is 4.47. The van der Waals surface area contributed by atoms with Gasteiger partial charge in [-0.3, -0.25) is 14.2 Å². The lowest BCUT2D eigenvalue weighted by Crippen LogP contribution is -2.25. The summed E-state index contributed by atoms with van der Waals surface area (Å²) in [7, 11) is 0. The van der Waals surface area contributed by atoms with Crippen molar-refractivity contribution in [2.45, 2.75) is 24.5 Å². The van der Waals surface area contributed by atoms with Crippen molar-refractivity contribution in [3.8, 4) is 11.1 Å². The molecular weight excluding hydrogens is 454 g/mol. The molecule has 5 aromatic rings. The zero-order chi connectivity index (χ0) is 22.9. The van der Waals surface area contributed by atoms with E-state index in [1.54, 1.807) is 28.8 Å². The number of thiophene rings is 1. The third-order valence-electron chi connectivity index (χ3n) is 5.28. The van der Waals surface area contributed by atoms with Gasteiger partial charge in [-0.1, -0.05) is 65.0 Å². The van der Waals surface area contributed by atoms with E-state index in [2.05, 4.69) is 16.9 Å². The van der Waals surface area contributed by atoms with Gasteiger partial charge in [-0.2, -0.15) is 4.68 Å². The Morgan fingerprint density at radius 1 is 1.09 bits per heavy atom. The van der Waals surface area contributed by atoms with E-state index in [4.69, 9.17) is 4.98 Å². The molecular formula is C24H19N5O2S2. The molecule has 9 heteroatoms. The molecule has 0 radical (unpaired) electrons. The third kappa shape index (κ3) is 3.90. The second kappa shape index (κ2) is 8.76. The number of fused-ring (bicyclic) bond motifs is 2. The minimum absolute atomic E-state index is 0.129. The van der Waals surface area contributed by atoms with Crippen LogP contribution in [-0.2, 0) is 12.4 Å². The van der Waals surface area contributed by atoms with Gasteiger partial charge in [0.2, 0.25) is 0 Å². The molecule has 0 saturated heterocycles. The fourth-order valence-corrected chi connectivity index (χ4v) is 5.45. The van der Waals surface area contributed by atoms with Crippen LogP contribution in [0, 0.1) is 6.92 Å². The van der Waals surface area contributed by atoms with E-state index < -0.39 is 0 Å². The largest absolute Gasteiger partial charge is 0.283 e. The minimum Gasteiger partial charge on any atom is -0.283 e. The molecule has 0 aliphatic carbocycles. The molecule has 7 nitrogen and oxygen atoms in total. The van der Waals surface area contributed by atoms with Crippen LogP contribution < -0.4 is 11.1 Å². The smallest absolute Gasteiger partial charge is 0.278 e. The number of allylic oxidation sites excluding steroid dienone is 1. The van der Waals surface area contributed by atoms with Crippen molar-refractivity contribution < 1.29 is 0 Å². The van der Waals surface area contributed by atoms with Gasteiger partial charge in [-0.25, -0.2) is 4.98 Å². The molecule has 2 aromatic carbocycles. The molecule has 0 amide bonds. The van der Waals surface area contributed by atoms with E-state index in [1.807, 2.05) is 42.6 Å². The van der Waals surface area contributed by atoms with Crippen molar-refractivity contribution in [3.63, 3.8) is 0 Å². The van der Waals surface area contributed by atoms with Gasteiger partial charge < -0.3 is 0 Å². The Labute approximate surface area is 197 Å². The lowest BCUT2D eigenvalue weighted by Gasteiger charge is -2.11. The van der Waals surface area contributed by atoms with Crippen LogP contribution in [0.2, 0.25) is 0 Å². The number of aromatic nitrogens is 5. The summed E-state index contributed by atoms with van der Waals surface area (Å²) in [6.07, 6.45) is 1.67. The Kier molecular flexibility index (Phi) is 5.65. The van der Waals surface area contributed by atoms with Crippen molar-refractivity contribution in [2.75, 3.05) is 0 Å². The number of thioether (sulfide) groups is 1. The van der Waals surface area contributed by atoms with Crippen LogP contribution in [0.25, 0.3) is 32.2 Å². The van der Waals surface area contributed by atoms with Crippen LogP contribution in [0.4, 0.5) is 0 Å². The van der Waals surface area contributed by atoms with E-state index >= 15 is 0 Å². The van der Waals surface area contributed by atoms with Gasteiger partial charge in [0.25, 0.3) is 11.1 Å². The molecule has 3 aromatic heterocycles. The van der Waals surface area contributed by atoms with Gasteiger partial charge in [0.05, 0.1) is 16.6 Å². The summed E-state index contributed by atoms with van der Waals surface area (Å²) >= 11 is 2.70. The number of hydrogen-bond donors (Lipinski definition) is 0. The topological polar surface area (TPSA) is 82.7 Å². The van der Waals surface area contributed by atoms with Gasteiger partial charge in [-0.05, 0) is 24.6 Å². The van der Waals surface area contributed by atoms with Crippen molar-refractivity contribution in [2.24, 2.45) is 0 Å². The van der Waals surface area contributed by atoms with E-state index in [0.717, 1.165) is 16.7 Å². The molecule has 0 N–H and O–H groups in total. The van der Waals surface area contributed by atoms with E-state index in [0.29, 0.717) is 32.8 Å². The van der Waals surface area contributed by atoms with Crippen LogP contribution in [0.15, 0.2) is 81.3 Å². The van der Waals surface area contributed by atoms with Gasteiger partial charge in [-0.15, -0.1) is 23.0 Å². The van der Waals surface area contributed by atoms with Crippen LogP contribution in [0.3, 0.4) is 0 Å². The number of rotatable bonds is 6. The summed E-state index contributed by atoms with van der Waals surface area (Å²) in [5, 5.41) is 11.7. The Morgan fingerprint density at radius 2 is 1.88 bits per heavy atom. The van der Waals surface area contributed by atoms with Gasteiger partial charge >= 0.3 is 0 Å². The molecule has 0 spiro atoms. The summed E-state index contributed by atoms with van der Waals surface area (Å²) in [5.74, 6) is 0.182. The molecule has 164 valence electrons. The predicted molar refractivity (Wildman–Crippen MR) is 134 cm³/mol. The summed E-state index contributed by atoms with van der Waals surface area (Å²) < 4.78 is 2.87. The third-order valence-corrected chi connectivity index (χ3v) is 7.09. The molecule has 0 fully saturated rings. The Morgan fingerprint density at radius 3 is 2.67 bits per heavy atom. The second-order valence-corrected chi connectivity index (χ2v) is 9.25. The fourth-order valence-electron chi connectivity index (χ4n) is 3.58. The SMILES string of the molecule is C=CCn1c(SCn2nnc3ccccc3c2=O)nc2scc(-c3ccc(C)cc3)c2c1=O. The van der Waals surface area contributed by atoms with E-state index in [9.17, 15) is 9.59 Å². The highest BCUT2D eigenvalue weighted by molar-refractivity contribution is 7.98. The summed E-state index contributed by atoms with van der Waals surface area (Å²) in [6, 6.07) is 15.2. The highest BCUT2D eigenvalue weighted by Gasteiger charge is 2.17. The highest BCUT2D eigenvalue weighted by atomic mass is 32.2. The van der Waals surface area contributed by atoms with E-state index in [1.165, 1.54) is 27.8 Å². The number of benzene rings is 2. The minimum atomic E-state index is -0.232. The maximum atomic E-state index is 13.5.